The number of aliphatic hydroxyl groups is 1. The lowest BCUT2D eigenvalue weighted by molar-refractivity contribution is -0.384. The molecule has 0 radical (unpaired) electrons. The minimum absolute atomic E-state index is 0.0389. The Balaban J connectivity index is 2.22. The number of aromatic nitrogens is 1. The predicted molar refractivity (Wildman–Crippen MR) is 79.4 cm³/mol. The fourth-order valence-corrected chi connectivity index (χ4v) is 2.07. The van der Waals surface area contributed by atoms with E-state index in [1.807, 2.05) is 0 Å². The molecule has 112 valence electrons. The first kappa shape index (κ1) is 15.1. The van der Waals surface area contributed by atoms with Gasteiger partial charge in [0.1, 0.15) is 5.82 Å². The van der Waals surface area contributed by atoms with Crippen molar-refractivity contribution >= 4 is 22.4 Å². The molecule has 0 amide bonds. The van der Waals surface area contributed by atoms with Gasteiger partial charge in [0.05, 0.1) is 23.1 Å². The molecule has 0 aliphatic rings. The zero-order valence-electron chi connectivity index (χ0n) is 11.7. The molecule has 7 heteroatoms. The Morgan fingerprint density at radius 1 is 1.43 bits per heavy atom. The summed E-state index contributed by atoms with van der Waals surface area (Å²) in [6, 6.07) is 8.04. The van der Waals surface area contributed by atoms with Crippen LogP contribution in [-0.2, 0) is 4.74 Å². The van der Waals surface area contributed by atoms with Crippen molar-refractivity contribution in [3.05, 3.63) is 40.4 Å². The number of rotatable bonds is 7. The van der Waals surface area contributed by atoms with E-state index < -0.39 is 4.92 Å². The summed E-state index contributed by atoms with van der Waals surface area (Å²) in [5.41, 5.74) is 0.716. The summed E-state index contributed by atoms with van der Waals surface area (Å²) in [6.45, 7) is 0.515. The molecule has 1 aromatic heterocycles. The van der Waals surface area contributed by atoms with E-state index in [0.717, 1.165) is 0 Å². The number of nitrogens with zero attached hydrogens (tertiary/aromatic N) is 2. The van der Waals surface area contributed by atoms with Crippen molar-refractivity contribution in [3.63, 3.8) is 0 Å². The number of anilines is 1. The number of nitrogens with one attached hydrogen (secondary N) is 1. The van der Waals surface area contributed by atoms with E-state index in [1.54, 1.807) is 25.3 Å². The summed E-state index contributed by atoms with van der Waals surface area (Å²) >= 11 is 0. The second kappa shape index (κ2) is 6.96. The van der Waals surface area contributed by atoms with Gasteiger partial charge in [-0.1, -0.05) is 0 Å². The van der Waals surface area contributed by atoms with Gasteiger partial charge in [-0.05, 0) is 24.6 Å². The maximum atomic E-state index is 10.7. The highest BCUT2D eigenvalue weighted by Crippen LogP contribution is 2.21. The molecule has 0 bridgehead atoms. The summed E-state index contributed by atoms with van der Waals surface area (Å²) in [5.74, 6) is 0.645. The maximum absolute atomic E-state index is 10.7. The van der Waals surface area contributed by atoms with Crippen LogP contribution < -0.4 is 5.32 Å². The van der Waals surface area contributed by atoms with Crippen LogP contribution in [0.25, 0.3) is 10.9 Å². The molecular weight excluding hydrogens is 274 g/mol. The van der Waals surface area contributed by atoms with Crippen LogP contribution in [0.15, 0.2) is 30.3 Å². The number of benzene rings is 1. The van der Waals surface area contributed by atoms with Crippen LogP contribution in [0.1, 0.15) is 6.42 Å². The van der Waals surface area contributed by atoms with Crippen LogP contribution in [0.2, 0.25) is 0 Å². The van der Waals surface area contributed by atoms with E-state index in [0.29, 0.717) is 29.7 Å². The number of non-ortho nitro benzene ring substituents is 1. The summed E-state index contributed by atoms with van der Waals surface area (Å²) in [7, 11) is 1.60. The van der Waals surface area contributed by atoms with Gasteiger partial charge in [-0.3, -0.25) is 10.1 Å². The molecule has 0 aliphatic heterocycles. The van der Waals surface area contributed by atoms with Gasteiger partial charge in [0, 0.05) is 31.2 Å². The van der Waals surface area contributed by atoms with Crippen LogP contribution in [0.4, 0.5) is 11.5 Å². The molecule has 1 unspecified atom stereocenters. The lowest BCUT2D eigenvalue weighted by Crippen LogP contribution is -2.26. The number of aliphatic hydroxyl groups excluding tert-OH is 1. The summed E-state index contributed by atoms with van der Waals surface area (Å²) < 4.78 is 5.08. The van der Waals surface area contributed by atoms with Gasteiger partial charge >= 0.3 is 0 Å². The van der Waals surface area contributed by atoms with Crippen molar-refractivity contribution in [2.45, 2.75) is 12.5 Å². The first-order chi connectivity index (χ1) is 10.1. The first-order valence-corrected chi connectivity index (χ1v) is 6.55. The second-order valence-corrected chi connectivity index (χ2v) is 4.64. The van der Waals surface area contributed by atoms with Gasteiger partial charge in [-0.15, -0.1) is 0 Å². The molecule has 0 fully saturated rings. The number of hydrogen-bond donors (Lipinski definition) is 2. The summed E-state index contributed by atoms with van der Waals surface area (Å²) in [6.07, 6.45) is 0.549. The van der Waals surface area contributed by atoms with Crippen LogP contribution >= 0.6 is 0 Å². The maximum Gasteiger partial charge on any atom is 0.270 e. The van der Waals surface area contributed by atoms with Gasteiger partial charge in [-0.25, -0.2) is 4.98 Å². The quantitative estimate of drug-likeness (QED) is 0.597. The minimum atomic E-state index is -0.429. The van der Waals surface area contributed by atoms with Gasteiger partial charge in [0.25, 0.3) is 5.69 Å². The van der Waals surface area contributed by atoms with Crippen LogP contribution in [0.5, 0.6) is 0 Å². The zero-order chi connectivity index (χ0) is 15.2. The number of methoxy groups -OCH3 is 1. The highest BCUT2D eigenvalue weighted by Gasteiger charge is 2.10. The average Bonchev–Trinajstić information content (AvgIpc) is 2.47. The molecule has 2 aromatic rings. The van der Waals surface area contributed by atoms with Gasteiger partial charge < -0.3 is 15.2 Å². The Morgan fingerprint density at radius 2 is 2.24 bits per heavy atom. The number of nitro groups is 1. The molecule has 0 aliphatic carbocycles. The standard InChI is InChI=1S/C14H17N3O4/c1-21-9-11(6-7-18)15-14-5-2-10-8-12(17(19)20)3-4-13(10)16-14/h2-5,8,11,18H,6-7,9H2,1H3,(H,15,16). The molecule has 0 saturated carbocycles. The third-order valence-corrected chi connectivity index (χ3v) is 3.08. The van der Waals surface area contributed by atoms with E-state index in [4.69, 9.17) is 9.84 Å². The first-order valence-electron chi connectivity index (χ1n) is 6.55. The fraction of sp³-hybridized carbons (Fsp3) is 0.357. The third-order valence-electron chi connectivity index (χ3n) is 3.08. The smallest absolute Gasteiger partial charge is 0.270 e. The Hall–Kier alpha value is -2.25. The SMILES string of the molecule is COCC(CCO)Nc1ccc2cc([N+](=O)[O-])ccc2n1. The molecule has 1 aromatic carbocycles. The minimum Gasteiger partial charge on any atom is -0.396 e. The van der Waals surface area contributed by atoms with E-state index >= 15 is 0 Å². The number of pyridine rings is 1. The number of ether oxygens (including phenoxy) is 1. The number of fused-ring (bicyclic) bond motifs is 1. The van der Waals surface area contributed by atoms with E-state index in [1.165, 1.54) is 12.1 Å². The van der Waals surface area contributed by atoms with Crippen molar-refractivity contribution in [2.75, 3.05) is 25.6 Å². The van der Waals surface area contributed by atoms with Gasteiger partial charge in [0.2, 0.25) is 0 Å². The third kappa shape index (κ3) is 3.87. The fourth-order valence-electron chi connectivity index (χ4n) is 2.07. The average molecular weight is 291 g/mol. The lowest BCUT2D eigenvalue weighted by Gasteiger charge is -2.17. The molecule has 21 heavy (non-hydrogen) atoms. The summed E-state index contributed by atoms with van der Waals surface area (Å²) in [4.78, 5) is 14.7. The van der Waals surface area contributed by atoms with E-state index in [-0.39, 0.29) is 18.3 Å². The summed E-state index contributed by atoms with van der Waals surface area (Å²) in [5, 5.41) is 23.6. The van der Waals surface area contributed by atoms with Crippen LogP contribution in [-0.4, -0.2) is 41.4 Å². The molecule has 7 nitrogen and oxygen atoms in total. The van der Waals surface area contributed by atoms with E-state index in [2.05, 4.69) is 10.3 Å². The normalized spacial score (nSPS) is 12.3. The van der Waals surface area contributed by atoms with Crippen molar-refractivity contribution in [3.8, 4) is 0 Å². The van der Waals surface area contributed by atoms with Crippen molar-refractivity contribution in [1.82, 2.24) is 4.98 Å². The second-order valence-electron chi connectivity index (χ2n) is 4.64. The molecule has 0 saturated heterocycles. The van der Waals surface area contributed by atoms with Crippen molar-refractivity contribution in [1.29, 1.82) is 0 Å². The molecule has 1 atom stereocenters. The molecular formula is C14H17N3O4. The Labute approximate surface area is 121 Å². The zero-order valence-corrected chi connectivity index (χ0v) is 11.7. The number of nitro benzene ring substituents is 1. The monoisotopic (exact) mass is 291 g/mol. The van der Waals surface area contributed by atoms with Crippen LogP contribution in [0.3, 0.4) is 0 Å². The molecule has 2 rings (SSSR count). The predicted octanol–water partition coefficient (Wildman–Crippen LogP) is 1.95. The van der Waals surface area contributed by atoms with Gasteiger partial charge in [-0.2, -0.15) is 0 Å². The van der Waals surface area contributed by atoms with Crippen molar-refractivity contribution in [2.24, 2.45) is 0 Å². The Kier molecular flexibility index (Phi) is 5.02. The Bertz CT molecular complexity index is 627. The highest BCUT2D eigenvalue weighted by atomic mass is 16.6. The van der Waals surface area contributed by atoms with Crippen molar-refractivity contribution < 1.29 is 14.8 Å². The molecule has 1 heterocycles. The van der Waals surface area contributed by atoms with Crippen LogP contribution in [0, 0.1) is 10.1 Å². The lowest BCUT2D eigenvalue weighted by atomic mass is 10.2. The van der Waals surface area contributed by atoms with Gasteiger partial charge in [0.15, 0.2) is 0 Å². The van der Waals surface area contributed by atoms with E-state index in [9.17, 15) is 10.1 Å². The number of hydrogen-bond acceptors (Lipinski definition) is 6. The largest absolute Gasteiger partial charge is 0.396 e. The molecule has 0 spiro atoms. The highest BCUT2D eigenvalue weighted by molar-refractivity contribution is 5.82. The molecule has 2 N–H and O–H groups in total. The Morgan fingerprint density at radius 3 is 2.90 bits per heavy atom. The topological polar surface area (TPSA) is 97.5 Å².